The smallest absolute Gasteiger partial charge is 0.158 e. The molecule has 1 aliphatic heterocycles. The van der Waals surface area contributed by atoms with Gasteiger partial charge >= 0.3 is 0 Å². The summed E-state index contributed by atoms with van der Waals surface area (Å²) in [6.45, 7) is 1.95. The third kappa shape index (κ3) is 4.03. The predicted octanol–water partition coefficient (Wildman–Crippen LogP) is 4.70. The number of hydrogen-bond donors (Lipinski definition) is 1. The molecule has 2 fully saturated rings. The molecule has 1 aliphatic carbocycles. The number of nitrogens with two attached hydrogens (primary N) is 1. The maximum atomic E-state index is 6.21. The van der Waals surface area contributed by atoms with Gasteiger partial charge < -0.3 is 15.4 Å². The molecule has 4 rings (SSSR count). The third-order valence-corrected chi connectivity index (χ3v) is 7.85. The Hall–Kier alpha value is -1.28. The molecular formula is C19H23Cl2N5OS. The number of anilines is 2. The zero-order valence-electron chi connectivity index (χ0n) is 15.7. The molecule has 6 nitrogen and oxygen atoms in total. The number of aromatic nitrogens is 3. The van der Waals surface area contributed by atoms with E-state index in [9.17, 15) is 0 Å². The van der Waals surface area contributed by atoms with Crippen LogP contribution in [0.1, 0.15) is 32.1 Å². The first-order chi connectivity index (χ1) is 13.5. The van der Waals surface area contributed by atoms with Crippen molar-refractivity contribution in [1.29, 1.82) is 0 Å². The van der Waals surface area contributed by atoms with Crippen LogP contribution in [0.4, 0.5) is 11.6 Å². The number of piperidine rings is 1. The van der Waals surface area contributed by atoms with Crippen molar-refractivity contribution in [3.63, 3.8) is 0 Å². The van der Waals surface area contributed by atoms with Crippen molar-refractivity contribution in [2.45, 2.75) is 48.1 Å². The Morgan fingerprint density at radius 1 is 1.25 bits per heavy atom. The first kappa shape index (κ1) is 20.0. The Kier molecular flexibility index (Phi) is 5.88. The number of methoxy groups -OCH3 is 1. The van der Waals surface area contributed by atoms with E-state index in [1.54, 1.807) is 18.5 Å². The largest absolute Gasteiger partial charge is 0.381 e. The van der Waals surface area contributed by atoms with E-state index in [0.717, 1.165) is 36.6 Å². The van der Waals surface area contributed by atoms with Gasteiger partial charge in [0.15, 0.2) is 5.82 Å². The second-order valence-electron chi connectivity index (χ2n) is 7.52. The molecule has 2 N–H and O–H groups in total. The van der Waals surface area contributed by atoms with Crippen LogP contribution in [0.2, 0.25) is 10.2 Å². The third-order valence-electron chi connectivity index (χ3n) is 5.91. The van der Waals surface area contributed by atoms with Crippen molar-refractivity contribution in [2.24, 2.45) is 5.41 Å². The fraction of sp³-hybridized carbons (Fsp3) is 0.526. The summed E-state index contributed by atoms with van der Waals surface area (Å²) in [5, 5.41) is 1.27. The minimum absolute atomic E-state index is 0.264. The Morgan fingerprint density at radius 2 is 2.04 bits per heavy atom. The molecule has 1 saturated carbocycles. The fourth-order valence-electron chi connectivity index (χ4n) is 4.22. The van der Waals surface area contributed by atoms with Crippen molar-refractivity contribution >= 4 is 46.6 Å². The van der Waals surface area contributed by atoms with E-state index in [4.69, 9.17) is 33.7 Å². The van der Waals surface area contributed by atoms with Crippen LogP contribution in [0.5, 0.6) is 0 Å². The minimum Gasteiger partial charge on any atom is -0.381 e. The van der Waals surface area contributed by atoms with E-state index in [1.165, 1.54) is 31.0 Å². The van der Waals surface area contributed by atoms with Crippen LogP contribution in [0.25, 0.3) is 0 Å². The van der Waals surface area contributed by atoms with Gasteiger partial charge in [0.2, 0.25) is 0 Å². The van der Waals surface area contributed by atoms with Gasteiger partial charge in [0.25, 0.3) is 0 Å². The molecule has 3 heterocycles. The van der Waals surface area contributed by atoms with Gasteiger partial charge in [-0.3, -0.25) is 0 Å². The van der Waals surface area contributed by atoms with Crippen LogP contribution in [0, 0.1) is 5.41 Å². The average Bonchev–Trinajstić information content (AvgIpc) is 3.10. The molecular weight excluding hydrogens is 417 g/mol. The summed E-state index contributed by atoms with van der Waals surface area (Å²) in [6.07, 6.45) is 9.76. The van der Waals surface area contributed by atoms with Gasteiger partial charge in [0.1, 0.15) is 16.0 Å². The number of ether oxygens (including phenoxy) is 1. The summed E-state index contributed by atoms with van der Waals surface area (Å²) < 4.78 is 5.57. The lowest BCUT2D eigenvalue weighted by atomic mass is 9.77. The summed E-state index contributed by atoms with van der Waals surface area (Å²) >= 11 is 13.5. The van der Waals surface area contributed by atoms with Gasteiger partial charge in [-0.1, -0.05) is 35.0 Å². The molecule has 2 aliphatic rings. The zero-order valence-corrected chi connectivity index (χ0v) is 18.0. The van der Waals surface area contributed by atoms with Crippen molar-refractivity contribution in [3.8, 4) is 0 Å². The zero-order chi connectivity index (χ0) is 19.7. The van der Waals surface area contributed by atoms with Crippen LogP contribution in [-0.2, 0) is 4.74 Å². The topological polar surface area (TPSA) is 77.2 Å². The molecule has 1 spiro atoms. The van der Waals surface area contributed by atoms with Gasteiger partial charge in [-0.15, -0.1) is 0 Å². The maximum Gasteiger partial charge on any atom is 0.158 e. The Balaban J connectivity index is 1.43. The number of pyridine rings is 1. The summed E-state index contributed by atoms with van der Waals surface area (Å²) in [5.74, 6) is 1.23. The molecule has 2 aromatic rings. The highest BCUT2D eigenvalue weighted by atomic mass is 35.5. The van der Waals surface area contributed by atoms with Crippen LogP contribution < -0.4 is 10.6 Å². The van der Waals surface area contributed by atoms with E-state index in [2.05, 4.69) is 19.9 Å². The summed E-state index contributed by atoms with van der Waals surface area (Å²) in [5.41, 5.74) is 6.62. The fourth-order valence-corrected chi connectivity index (χ4v) is 5.44. The van der Waals surface area contributed by atoms with Crippen LogP contribution in [0.3, 0.4) is 0 Å². The molecule has 0 bridgehead atoms. The van der Waals surface area contributed by atoms with E-state index in [0.29, 0.717) is 27.4 Å². The van der Waals surface area contributed by atoms with Crippen molar-refractivity contribution in [1.82, 2.24) is 15.0 Å². The van der Waals surface area contributed by atoms with Crippen molar-refractivity contribution < 1.29 is 4.74 Å². The van der Waals surface area contributed by atoms with Gasteiger partial charge in [0.05, 0.1) is 17.3 Å². The van der Waals surface area contributed by atoms with Gasteiger partial charge in [-0.25, -0.2) is 15.0 Å². The van der Waals surface area contributed by atoms with Crippen molar-refractivity contribution in [2.75, 3.05) is 30.8 Å². The minimum atomic E-state index is 0.264. The van der Waals surface area contributed by atoms with Crippen LogP contribution in [0.15, 0.2) is 28.4 Å². The molecule has 2 aromatic heterocycles. The lowest BCUT2D eigenvalue weighted by molar-refractivity contribution is 0.0895. The molecule has 1 atom stereocenters. The lowest BCUT2D eigenvalue weighted by Gasteiger charge is -2.40. The molecule has 0 amide bonds. The highest BCUT2D eigenvalue weighted by molar-refractivity contribution is 7.99. The molecule has 1 unspecified atom stereocenters. The highest BCUT2D eigenvalue weighted by Gasteiger charge is 2.41. The molecule has 0 radical (unpaired) electrons. The summed E-state index contributed by atoms with van der Waals surface area (Å²) in [6, 6.07) is 1.78. The Labute approximate surface area is 179 Å². The average molecular weight is 440 g/mol. The number of halogens is 2. The second kappa shape index (κ2) is 8.22. The van der Waals surface area contributed by atoms with E-state index in [1.807, 2.05) is 7.11 Å². The predicted molar refractivity (Wildman–Crippen MR) is 113 cm³/mol. The molecule has 150 valence electrons. The van der Waals surface area contributed by atoms with Gasteiger partial charge in [-0.05, 0) is 43.6 Å². The number of rotatable bonds is 4. The number of nitrogen functional groups attached to an aromatic ring is 1. The van der Waals surface area contributed by atoms with Crippen LogP contribution in [-0.4, -0.2) is 41.3 Å². The summed E-state index contributed by atoms with van der Waals surface area (Å²) in [4.78, 5) is 16.1. The van der Waals surface area contributed by atoms with E-state index in [-0.39, 0.29) is 5.15 Å². The first-order valence-corrected chi connectivity index (χ1v) is 10.9. The monoisotopic (exact) mass is 439 g/mol. The lowest BCUT2D eigenvalue weighted by Crippen LogP contribution is -2.39. The maximum absolute atomic E-state index is 6.21. The highest BCUT2D eigenvalue weighted by Crippen LogP contribution is 2.47. The quantitative estimate of drug-likeness (QED) is 0.691. The number of hydrogen-bond acceptors (Lipinski definition) is 7. The molecule has 9 heteroatoms. The first-order valence-electron chi connectivity index (χ1n) is 9.38. The SMILES string of the molecule is COC1CCC2(CCN(c3cnc(Sc4ccnc(Cl)c4Cl)c(N)n3)CC2)C1. The molecule has 28 heavy (non-hydrogen) atoms. The van der Waals surface area contributed by atoms with E-state index < -0.39 is 0 Å². The Morgan fingerprint density at radius 3 is 2.71 bits per heavy atom. The Bertz CT molecular complexity index is 860. The number of nitrogens with zero attached hydrogens (tertiary/aromatic N) is 4. The van der Waals surface area contributed by atoms with Crippen LogP contribution >= 0.6 is 35.0 Å². The van der Waals surface area contributed by atoms with Gasteiger partial charge in [-0.2, -0.15) is 0 Å². The standard InChI is InChI=1S/C19H23Cl2N5OS/c1-27-12-2-4-19(10-12)5-8-26(9-6-19)14-11-24-18(17(22)25-14)28-13-3-7-23-16(21)15(13)20/h3,7,11-12H,2,4-6,8-10H2,1H3,(H2,22,25). The second-order valence-corrected chi connectivity index (χ2v) is 9.29. The molecule has 1 saturated heterocycles. The normalized spacial score (nSPS) is 21.4. The summed E-state index contributed by atoms with van der Waals surface area (Å²) in [7, 11) is 1.82. The molecule has 0 aromatic carbocycles. The van der Waals surface area contributed by atoms with Crippen molar-refractivity contribution in [3.05, 3.63) is 28.6 Å². The van der Waals surface area contributed by atoms with E-state index >= 15 is 0 Å². The van der Waals surface area contributed by atoms with Gasteiger partial charge in [0, 0.05) is 31.3 Å².